The standard InChI is InChI=1S/C38H58O8/c1-23(2)24-14-19-38(22-45-31(43)12-10-29(39)40)21-20-36(6)25(33(24)38)8-9-27-35(5)17-16-28(46-32(44)13-11-30(41)42)34(3,4)26(35)15-18-37(27,36)7/h23,25-28H,8-22H2,1-7H3,(H,39,40)(H,41,42)/t25-,26+,27-,28+,35+,36-,37-,38-/m1/s1. The summed E-state index contributed by atoms with van der Waals surface area (Å²) in [4.78, 5) is 47.3. The van der Waals surface area contributed by atoms with Gasteiger partial charge in [-0.05, 0) is 104 Å². The van der Waals surface area contributed by atoms with E-state index in [0.29, 0.717) is 30.3 Å². The molecule has 46 heavy (non-hydrogen) atoms. The van der Waals surface area contributed by atoms with Crippen LogP contribution in [0.1, 0.15) is 138 Å². The lowest BCUT2D eigenvalue weighted by Gasteiger charge is -2.72. The van der Waals surface area contributed by atoms with Gasteiger partial charge in [0.1, 0.15) is 12.7 Å². The van der Waals surface area contributed by atoms with E-state index in [9.17, 15) is 19.2 Å². The van der Waals surface area contributed by atoms with Crippen LogP contribution in [-0.4, -0.2) is 46.8 Å². The van der Waals surface area contributed by atoms with Crippen LogP contribution in [-0.2, 0) is 28.7 Å². The smallest absolute Gasteiger partial charge is 0.306 e. The highest BCUT2D eigenvalue weighted by molar-refractivity contribution is 5.77. The van der Waals surface area contributed by atoms with E-state index < -0.39 is 23.9 Å². The molecule has 0 aromatic carbocycles. The van der Waals surface area contributed by atoms with E-state index in [0.717, 1.165) is 64.2 Å². The lowest BCUT2D eigenvalue weighted by molar-refractivity contribution is -0.234. The summed E-state index contributed by atoms with van der Waals surface area (Å²) in [6.07, 6.45) is 9.73. The van der Waals surface area contributed by atoms with Crippen LogP contribution >= 0.6 is 0 Å². The van der Waals surface area contributed by atoms with Crippen LogP contribution in [0.4, 0.5) is 0 Å². The number of hydrogen-bond donors (Lipinski definition) is 2. The normalized spacial score (nSPS) is 39.5. The summed E-state index contributed by atoms with van der Waals surface area (Å²) >= 11 is 0. The van der Waals surface area contributed by atoms with Crippen LogP contribution in [0.3, 0.4) is 0 Å². The van der Waals surface area contributed by atoms with Crippen molar-refractivity contribution >= 4 is 23.9 Å². The number of carboxylic acids is 2. The average molecular weight is 643 g/mol. The Hall–Kier alpha value is -2.38. The number of aliphatic carboxylic acids is 2. The quantitative estimate of drug-likeness (QED) is 0.181. The minimum Gasteiger partial charge on any atom is -0.481 e. The molecular formula is C38H58O8. The van der Waals surface area contributed by atoms with Crippen LogP contribution in [0.25, 0.3) is 0 Å². The van der Waals surface area contributed by atoms with Crippen molar-refractivity contribution in [3.8, 4) is 0 Å². The molecule has 5 aliphatic carbocycles. The van der Waals surface area contributed by atoms with E-state index in [1.807, 2.05) is 0 Å². The van der Waals surface area contributed by atoms with E-state index in [1.54, 1.807) is 11.1 Å². The number of carboxylic acid groups (broad SMARTS) is 2. The molecule has 0 radical (unpaired) electrons. The van der Waals surface area contributed by atoms with E-state index in [2.05, 4.69) is 48.5 Å². The Morgan fingerprint density at radius 2 is 1.39 bits per heavy atom. The fourth-order valence-electron chi connectivity index (χ4n) is 12.1. The van der Waals surface area contributed by atoms with Crippen LogP contribution in [0.15, 0.2) is 11.1 Å². The van der Waals surface area contributed by atoms with Crippen molar-refractivity contribution < 1.29 is 38.9 Å². The number of ether oxygens (including phenoxy) is 2. The second-order valence-corrected chi connectivity index (χ2v) is 17.3. The van der Waals surface area contributed by atoms with Gasteiger partial charge in [0.2, 0.25) is 0 Å². The summed E-state index contributed by atoms with van der Waals surface area (Å²) in [6.45, 7) is 17.2. The fourth-order valence-corrected chi connectivity index (χ4v) is 12.1. The third-order valence-electron chi connectivity index (χ3n) is 14.6. The highest BCUT2D eigenvalue weighted by Gasteiger charge is 2.69. The van der Waals surface area contributed by atoms with Crippen molar-refractivity contribution in [1.82, 2.24) is 0 Å². The summed E-state index contributed by atoms with van der Waals surface area (Å²) < 4.78 is 11.9. The van der Waals surface area contributed by atoms with Crippen molar-refractivity contribution in [2.75, 3.05) is 6.61 Å². The lowest BCUT2D eigenvalue weighted by atomic mass is 9.33. The Morgan fingerprint density at radius 1 is 0.739 bits per heavy atom. The SMILES string of the molecule is CC(C)C1=C2[C@H]3CC[C@@H]4[C@@]5(C)CC[C@H](OC(=O)CCC(=O)O)C(C)(C)[C@@H]5CC[C@@]4(C)[C@]3(C)CC[C@@]2(COC(=O)CCC(=O)O)CC1. The Balaban J connectivity index is 1.40. The van der Waals surface area contributed by atoms with Gasteiger partial charge < -0.3 is 19.7 Å². The van der Waals surface area contributed by atoms with E-state index in [-0.39, 0.29) is 58.9 Å². The van der Waals surface area contributed by atoms with E-state index in [4.69, 9.17) is 19.7 Å². The Labute approximate surface area is 275 Å². The molecule has 0 saturated heterocycles. The van der Waals surface area contributed by atoms with Crippen LogP contribution in [0, 0.1) is 50.7 Å². The molecule has 0 amide bonds. The van der Waals surface area contributed by atoms with Gasteiger partial charge in [0.25, 0.3) is 0 Å². The van der Waals surface area contributed by atoms with Gasteiger partial charge in [0, 0.05) is 10.8 Å². The number of carbonyl (C=O) groups is 4. The Bertz CT molecular complexity index is 1280. The third-order valence-corrected chi connectivity index (χ3v) is 14.6. The molecule has 8 heteroatoms. The molecule has 8 atom stereocenters. The largest absolute Gasteiger partial charge is 0.481 e. The van der Waals surface area contributed by atoms with Crippen molar-refractivity contribution in [2.24, 2.45) is 50.7 Å². The lowest BCUT2D eigenvalue weighted by Crippen LogP contribution is -2.66. The van der Waals surface area contributed by atoms with Gasteiger partial charge in [0.15, 0.2) is 0 Å². The molecule has 4 fully saturated rings. The topological polar surface area (TPSA) is 127 Å². The highest BCUT2D eigenvalue weighted by atomic mass is 16.5. The molecule has 0 bridgehead atoms. The van der Waals surface area contributed by atoms with Gasteiger partial charge in [-0.2, -0.15) is 0 Å². The fraction of sp³-hybridized carbons (Fsp3) is 0.842. The summed E-state index contributed by atoms with van der Waals surface area (Å²) in [5.41, 5.74) is 3.17. The molecule has 8 nitrogen and oxygen atoms in total. The number of esters is 2. The Morgan fingerprint density at radius 3 is 2.02 bits per heavy atom. The zero-order valence-corrected chi connectivity index (χ0v) is 29.3. The van der Waals surface area contributed by atoms with Crippen LogP contribution in [0.5, 0.6) is 0 Å². The summed E-state index contributed by atoms with van der Waals surface area (Å²) in [7, 11) is 0. The molecule has 4 saturated carbocycles. The van der Waals surface area contributed by atoms with Crippen LogP contribution < -0.4 is 0 Å². The minimum absolute atomic E-state index is 0.0818. The zero-order valence-electron chi connectivity index (χ0n) is 29.3. The molecule has 0 unspecified atom stereocenters. The molecule has 0 heterocycles. The molecule has 5 rings (SSSR count). The van der Waals surface area contributed by atoms with Gasteiger partial charge in [0.05, 0.1) is 25.7 Å². The highest BCUT2D eigenvalue weighted by Crippen LogP contribution is 2.77. The molecule has 258 valence electrons. The first-order chi connectivity index (χ1) is 21.4. The van der Waals surface area contributed by atoms with E-state index >= 15 is 0 Å². The predicted molar refractivity (Wildman–Crippen MR) is 174 cm³/mol. The van der Waals surface area contributed by atoms with Crippen molar-refractivity contribution in [3.05, 3.63) is 11.1 Å². The summed E-state index contributed by atoms with van der Waals surface area (Å²) in [6, 6.07) is 0. The van der Waals surface area contributed by atoms with Crippen LogP contribution in [0.2, 0.25) is 0 Å². The van der Waals surface area contributed by atoms with Gasteiger partial charge in [-0.3, -0.25) is 19.2 Å². The molecule has 2 N–H and O–H groups in total. The number of hydrogen-bond acceptors (Lipinski definition) is 6. The zero-order chi connectivity index (χ0) is 33.9. The van der Waals surface area contributed by atoms with Gasteiger partial charge in [-0.1, -0.05) is 59.6 Å². The minimum atomic E-state index is -0.978. The number of allylic oxidation sites excluding steroid dienone is 1. The number of carbonyl (C=O) groups excluding carboxylic acids is 2. The van der Waals surface area contributed by atoms with Crippen molar-refractivity contribution in [1.29, 1.82) is 0 Å². The molecule has 0 aromatic heterocycles. The first kappa shape index (κ1) is 34.9. The van der Waals surface area contributed by atoms with Crippen molar-refractivity contribution in [3.63, 3.8) is 0 Å². The predicted octanol–water partition coefficient (Wildman–Crippen LogP) is 7.97. The number of rotatable bonds is 10. The van der Waals surface area contributed by atoms with E-state index in [1.165, 1.54) is 0 Å². The second kappa shape index (κ2) is 12.3. The molecule has 0 spiro atoms. The maximum atomic E-state index is 12.6. The summed E-state index contributed by atoms with van der Waals surface area (Å²) in [5, 5.41) is 18.1. The average Bonchev–Trinajstić information content (AvgIpc) is 3.36. The maximum absolute atomic E-state index is 12.6. The third kappa shape index (κ3) is 5.61. The molecule has 5 aliphatic rings. The number of fused-ring (bicyclic) bond motifs is 7. The maximum Gasteiger partial charge on any atom is 0.306 e. The first-order valence-corrected chi connectivity index (χ1v) is 17.9. The molecule has 0 aromatic rings. The monoisotopic (exact) mass is 642 g/mol. The molecular weight excluding hydrogens is 584 g/mol. The van der Waals surface area contributed by atoms with Gasteiger partial charge in [-0.25, -0.2) is 0 Å². The molecule has 0 aliphatic heterocycles. The summed E-state index contributed by atoms with van der Waals surface area (Å²) in [5.74, 6) is -0.919. The van der Waals surface area contributed by atoms with Gasteiger partial charge in [-0.15, -0.1) is 0 Å². The first-order valence-electron chi connectivity index (χ1n) is 17.9. The second-order valence-electron chi connectivity index (χ2n) is 17.3. The van der Waals surface area contributed by atoms with Crippen molar-refractivity contribution in [2.45, 2.75) is 144 Å². The Kier molecular flexibility index (Phi) is 9.31. The van der Waals surface area contributed by atoms with Gasteiger partial charge >= 0.3 is 23.9 Å².